The lowest BCUT2D eigenvalue weighted by Gasteiger charge is -2.36. The third-order valence-electron chi connectivity index (χ3n) is 7.69. The maximum absolute atomic E-state index is 7.15. The van der Waals surface area contributed by atoms with Gasteiger partial charge in [0.1, 0.15) is 11.4 Å². The van der Waals surface area contributed by atoms with E-state index >= 15 is 0 Å². The third kappa shape index (κ3) is 3.62. The molecule has 1 saturated heterocycles. The molecule has 5 nitrogen and oxygen atoms in total. The predicted octanol–water partition coefficient (Wildman–Crippen LogP) is 6.88. The van der Waals surface area contributed by atoms with Crippen molar-refractivity contribution in [2.75, 3.05) is 38.3 Å². The number of morpholine rings is 1. The summed E-state index contributed by atoms with van der Waals surface area (Å²) in [4.78, 5) is 7.48. The molecule has 0 radical (unpaired) electrons. The molecule has 0 bridgehead atoms. The van der Waals surface area contributed by atoms with Gasteiger partial charge in [0, 0.05) is 40.7 Å². The van der Waals surface area contributed by atoms with Crippen molar-refractivity contribution in [3.8, 4) is 11.5 Å². The topological polar surface area (TPSA) is 43.3 Å². The van der Waals surface area contributed by atoms with Crippen LogP contribution in [0.5, 0.6) is 11.5 Å². The van der Waals surface area contributed by atoms with Crippen LogP contribution >= 0.6 is 0 Å². The van der Waals surface area contributed by atoms with Gasteiger partial charge in [-0.3, -0.25) is 4.99 Å². The largest absolute Gasteiger partial charge is 0.497 e. The van der Waals surface area contributed by atoms with Crippen LogP contribution in [-0.4, -0.2) is 39.6 Å². The van der Waals surface area contributed by atoms with E-state index in [1.54, 1.807) is 7.11 Å². The molecule has 0 spiro atoms. The van der Waals surface area contributed by atoms with Gasteiger partial charge in [-0.25, -0.2) is 0 Å². The van der Waals surface area contributed by atoms with Gasteiger partial charge in [0.05, 0.1) is 26.5 Å². The van der Waals surface area contributed by atoms with E-state index in [9.17, 15) is 0 Å². The van der Waals surface area contributed by atoms with E-state index in [-0.39, 0.29) is 0 Å². The van der Waals surface area contributed by atoms with Crippen molar-refractivity contribution in [1.82, 2.24) is 0 Å². The fourth-order valence-corrected chi connectivity index (χ4v) is 5.68. The van der Waals surface area contributed by atoms with Gasteiger partial charge < -0.3 is 19.1 Å². The van der Waals surface area contributed by atoms with Gasteiger partial charge >= 0.3 is 0 Å². The number of fused-ring (bicyclic) bond motifs is 6. The summed E-state index contributed by atoms with van der Waals surface area (Å²) in [5.74, 6) is 1.60. The Kier molecular flexibility index (Phi) is 5.52. The summed E-state index contributed by atoms with van der Waals surface area (Å²) >= 11 is 0. The fourth-order valence-electron chi connectivity index (χ4n) is 5.68. The molecule has 0 N–H and O–H groups in total. The van der Waals surface area contributed by atoms with E-state index < -0.39 is 5.60 Å². The van der Waals surface area contributed by atoms with E-state index in [0.717, 1.165) is 70.8 Å². The number of nitrogens with zero attached hydrogens (tertiary/aromatic N) is 2. The van der Waals surface area contributed by atoms with E-state index in [0.29, 0.717) is 0 Å². The molecule has 188 valence electrons. The van der Waals surface area contributed by atoms with Crippen LogP contribution in [0.25, 0.3) is 21.5 Å². The molecule has 2 heterocycles. The van der Waals surface area contributed by atoms with E-state index in [1.165, 1.54) is 11.1 Å². The lowest BCUT2D eigenvalue weighted by molar-refractivity contribution is 0.122. The zero-order valence-electron chi connectivity index (χ0n) is 21.3. The third-order valence-corrected chi connectivity index (χ3v) is 7.69. The lowest BCUT2D eigenvalue weighted by atomic mass is 9.85. The zero-order chi connectivity index (χ0) is 25.5. The Balaban J connectivity index is 1.42. The molecule has 5 aromatic carbocycles. The average molecular weight is 501 g/mol. The van der Waals surface area contributed by atoms with Crippen LogP contribution in [-0.2, 0) is 10.3 Å². The molecule has 5 heteroatoms. The van der Waals surface area contributed by atoms with Gasteiger partial charge in [-0.15, -0.1) is 0 Å². The van der Waals surface area contributed by atoms with Crippen LogP contribution in [0.1, 0.15) is 11.1 Å². The van der Waals surface area contributed by atoms with Crippen LogP contribution in [0.15, 0.2) is 102 Å². The number of anilines is 1. The van der Waals surface area contributed by atoms with E-state index in [2.05, 4.69) is 89.8 Å². The minimum atomic E-state index is -0.895. The summed E-state index contributed by atoms with van der Waals surface area (Å²) in [5.41, 5.74) is 3.17. The van der Waals surface area contributed by atoms with Gasteiger partial charge in [0.2, 0.25) is 0 Å². The predicted molar refractivity (Wildman–Crippen MR) is 153 cm³/mol. The highest BCUT2D eigenvalue weighted by Crippen LogP contribution is 2.50. The Labute approximate surface area is 221 Å². The standard InChI is InChI=1S/C33H28N2O3/c1-36-26-16-12-24(13-17-26)33(23-10-14-25(15-11-23)35-18-20-37-21-19-35)22-34-31-29-8-4-2-6-27(29)28-7-3-5-9-30(28)32(31)38-33/h2-17,22H,18-21H2,1H3. The first-order valence-electron chi connectivity index (χ1n) is 13.0. The summed E-state index contributed by atoms with van der Waals surface area (Å²) in [6, 6.07) is 33.6. The van der Waals surface area contributed by atoms with Crippen molar-refractivity contribution in [3.05, 3.63) is 108 Å². The van der Waals surface area contributed by atoms with Crippen molar-refractivity contribution in [3.63, 3.8) is 0 Å². The summed E-state index contributed by atoms with van der Waals surface area (Å²) in [6.45, 7) is 3.30. The first-order chi connectivity index (χ1) is 18.8. The molecule has 7 rings (SSSR count). The molecule has 0 aliphatic carbocycles. The minimum Gasteiger partial charge on any atom is -0.497 e. The van der Waals surface area contributed by atoms with E-state index in [1.807, 2.05) is 18.3 Å². The number of methoxy groups -OCH3 is 1. The maximum atomic E-state index is 7.15. The second-order valence-corrected chi connectivity index (χ2v) is 9.74. The molecule has 5 aromatic rings. The van der Waals surface area contributed by atoms with Gasteiger partial charge in [0.25, 0.3) is 0 Å². The highest BCUT2D eigenvalue weighted by Gasteiger charge is 2.39. The summed E-state index contributed by atoms with van der Waals surface area (Å²) < 4.78 is 18.1. The van der Waals surface area contributed by atoms with Gasteiger partial charge in [0.15, 0.2) is 11.4 Å². The number of rotatable bonds is 4. The molecule has 0 amide bonds. The van der Waals surface area contributed by atoms with E-state index in [4.69, 9.17) is 19.2 Å². The van der Waals surface area contributed by atoms with Crippen molar-refractivity contribution in [2.45, 2.75) is 5.60 Å². The van der Waals surface area contributed by atoms with Crippen molar-refractivity contribution in [1.29, 1.82) is 0 Å². The Morgan fingerprint density at radius 3 is 1.95 bits per heavy atom. The van der Waals surface area contributed by atoms with Gasteiger partial charge in [-0.1, -0.05) is 72.8 Å². The lowest BCUT2D eigenvalue weighted by Crippen LogP contribution is -2.38. The zero-order valence-corrected chi connectivity index (χ0v) is 21.3. The summed E-state index contributed by atoms with van der Waals surface area (Å²) in [6.07, 6.45) is 1.96. The normalized spacial score (nSPS) is 18.8. The number of benzene rings is 5. The molecular weight excluding hydrogens is 472 g/mol. The van der Waals surface area contributed by atoms with Crippen LogP contribution < -0.4 is 14.4 Å². The van der Waals surface area contributed by atoms with Gasteiger partial charge in [-0.05, 0) is 35.0 Å². The molecule has 1 fully saturated rings. The quantitative estimate of drug-likeness (QED) is 0.252. The highest BCUT2D eigenvalue weighted by atomic mass is 16.5. The average Bonchev–Trinajstić information content (AvgIpc) is 3.01. The maximum Gasteiger partial charge on any atom is 0.194 e. The molecule has 1 unspecified atom stereocenters. The van der Waals surface area contributed by atoms with Gasteiger partial charge in [-0.2, -0.15) is 0 Å². The summed E-state index contributed by atoms with van der Waals surface area (Å²) in [5, 5.41) is 4.48. The van der Waals surface area contributed by atoms with Crippen molar-refractivity contribution < 1.29 is 14.2 Å². The number of hydrogen-bond acceptors (Lipinski definition) is 5. The Bertz CT molecular complexity index is 1650. The molecule has 0 aromatic heterocycles. The van der Waals surface area contributed by atoms with Crippen LogP contribution in [0.2, 0.25) is 0 Å². The Hall–Kier alpha value is -4.35. The van der Waals surface area contributed by atoms with Crippen LogP contribution in [0, 0.1) is 0 Å². The number of ether oxygens (including phenoxy) is 3. The molecular formula is C33H28N2O3. The number of aliphatic imine (C=N–C) groups is 1. The second-order valence-electron chi connectivity index (χ2n) is 9.74. The molecule has 2 aliphatic heterocycles. The summed E-state index contributed by atoms with van der Waals surface area (Å²) in [7, 11) is 1.68. The SMILES string of the molecule is COc1ccc(C2(c3ccc(N4CCOCC4)cc3)C=Nc3c(c4ccccc4c4ccccc34)O2)cc1. The Morgan fingerprint density at radius 2 is 1.29 bits per heavy atom. The van der Waals surface area contributed by atoms with Crippen molar-refractivity contribution >= 4 is 39.1 Å². The molecule has 0 saturated carbocycles. The first-order valence-corrected chi connectivity index (χ1v) is 13.0. The second kappa shape index (κ2) is 9.19. The smallest absolute Gasteiger partial charge is 0.194 e. The molecule has 38 heavy (non-hydrogen) atoms. The Morgan fingerprint density at radius 1 is 0.711 bits per heavy atom. The van der Waals surface area contributed by atoms with Crippen LogP contribution in [0.3, 0.4) is 0 Å². The molecule has 2 aliphatic rings. The number of hydrogen-bond donors (Lipinski definition) is 0. The van der Waals surface area contributed by atoms with Crippen molar-refractivity contribution in [2.24, 2.45) is 4.99 Å². The fraction of sp³-hybridized carbons (Fsp3) is 0.182. The molecule has 1 atom stereocenters. The monoisotopic (exact) mass is 500 g/mol. The minimum absolute atomic E-state index is 0.755. The van der Waals surface area contributed by atoms with Crippen LogP contribution in [0.4, 0.5) is 11.4 Å². The highest BCUT2D eigenvalue weighted by molar-refractivity contribution is 6.17. The first kappa shape index (κ1) is 22.8.